The van der Waals surface area contributed by atoms with Gasteiger partial charge in [-0.3, -0.25) is 10.1 Å². The number of para-hydroxylation sites is 1. The fourth-order valence-electron chi connectivity index (χ4n) is 3.14. The third-order valence-corrected chi connectivity index (χ3v) is 4.70. The molecule has 0 atom stereocenters. The first kappa shape index (κ1) is 19.9. The lowest BCUT2D eigenvalue weighted by atomic mass is 9.99. The Labute approximate surface area is 179 Å². The number of aromatic hydroxyl groups is 1. The van der Waals surface area contributed by atoms with Gasteiger partial charge in [-0.2, -0.15) is 0 Å². The van der Waals surface area contributed by atoms with Crippen LogP contribution in [0.1, 0.15) is 15.9 Å². The van der Waals surface area contributed by atoms with Gasteiger partial charge < -0.3 is 9.84 Å². The van der Waals surface area contributed by atoms with Crippen LogP contribution in [0, 0.1) is 0 Å². The van der Waals surface area contributed by atoms with E-state index in [0.717, 1.165) is 11.1 Å². The molecule has 0 spiro atoms. The maximum atomic E-state index is 12.8. The van der Waals surface area contributed by atoms with E-state index in [1.165, 1.54) is 18.2 Å². The topological polar surface area (TPSA) is 75.6 Å². The SMILES string of the molecule is O=C(Nc1ccccc1)Oc1ccc(C(=O)c2ccc(-c3ccccc3)cc2)c(O)c1. The summed E-state index contributed by atoms with van der Waals surface area (Å²) < 4.78 is 5.18. The Morgan fingerprint density at radius 1 is 0.710 bits per heavy atom. The van der Waals surface area contributed by atoms with E-state index in [9.17, 15) is 14.7 Å². The van der Waals surface area contributed by atoms with Crippen molar-refractivity contribution < 1.29 is 19.4 Å². The van der Waals surface area contributed by atoms with Gasteiger partial charge in [-0.25, -0.2) is 4.79 Å². The highest BCUT2D eigenvalue weighted by atomic mass is 16.6. The smallest absolute Gasteiger partial charge is 0.417 e. The summed E-state index contributed by atoms with van der Waals surface area (Å²) in [5.41, 5.74) is 3.21. The fourth-order valence-corrected chi connectivity index (χ4v) is 3.14. The normalized spacial score (nSPS) is 10.3. The number of ether oxygens (including phenoxy) is 1. The van der Waals surface area contributed by atoms with Crippen LogP contribution in [0.25, 0.3) is 11.1 Å². The van der Waals surface area contributed by atoms with E-state index in [-0.39, 0.29) is 22.8 Å². The third-order valence-electron chi connectivity index (χ3n) is 4.70. The number of amides is 1. The summed E-state index contributed by atoms with van der Waals surface area (Å²) in [7, 11) is 0. The Bertz CT molecular complexity index is 1200. The molecule has 0 unspecified atom stereocenters. The molecule has 5 nitrogen and oxygen atoms in total. The molecule has 5 heteroatoms. The highest BCUT2D eigenvalue weighted by Gasteiger charge is 2.16. The lowest BCUT2D eigenvalue weighted by Crippen LogP contribution is -2.16. The van der Waals surface area contributed by atoms with Crippen molar-refractivity contribution in [1.82, 2.24) is 0 Å². The van der Waals surface area contributed by atoms with Gasteiger partial charge in [-0.15, -0.1) is 0 Å². The number of carbonyl (C=O) groups is 2. The van der Waals surface area contributed by atoms with Gasteiger partial charge >= 0.3 is 6.09 Å². The van der Waals surface area contributed by atoms with Crippen LogP contribution in [0.3, 0.4) is 0 Å². The molecular weight excluding hydrogens is 390 g/mol. The van der Waals surface area contributed by atoms with Gasteiger partial charge in [0.1, 0.15) is 11.5 Å². The summed E-state index contributed by atoms with van der Waals surface area (Å²) in [6, 6.07) is 30.0. The Balaban J connectivity index is 1.46. The number of phenols is 1. The van der Waals surface area contributed by atoms with E-state index in [4.69, 9.17) is 4.74 Å². The van der Waals surface area contributed by atoms with E-state index < -0.39 is 6.09 Å². The van der Waals surface area contributed by atoms with E-state index in [2.05, 4.69) is 5.32 Å². The maximum absolute atomic E-state index is 12.8. The number of hydrogen-bond donors (Lipinski definition) is 2. The van der Waals surface area contributed by atoms with E-state index in [0.29, 0.717) is 11.3 Å². The maximum Gasteiger partial charge on any atom is 0.417 e. The highest BCUT2D eigenvalue weighted by molar-refractivity contribution is 6.11. The Kier molecular flexibility index (Phi) is 5.76. The summed E-state index contributed by atoms with van der Waals surface area (Å²) in [6.07, 6.45) is -0.693. The van der Waals surface area contributed by atoms with Crippen molar-refractivity contribution in [2.45, 2.75) is 0 Å². The van der Waals surface area contributed by atoms with Crippen molar-refractivity contribution >= 4 is 17.6 Å². The summed E-state index contributed by atoms with van der Waals surface area (Å²) in [6.45, 7) is 0. The van der Waals surface area contributed by atoms with E-state index in [1.54, 1.807) is 36.4 Å². The first-order valence-corrected chi connectivity index (χ1v) is 9.67. The first-order valence-electron chi connectivity index (χ1n) is 9.67. The highest BCUT2D eigenvalue weighted by Crippen LogP contribution is 2.27. The first-order chi connectivity index (χ1) is 15.1. The number of phenolic OH excluding ortho intramolecular Hbond substituents is 1. The minimum atomic E-state index is -0.693. The molecule has 0 aliphatic carbocycles. The summed E-state index contributed by atoms with van der Waals surface area (Å²) >= 11 is 0. The predicted octanol–water partition coefficient (Wildman–Crippen LogP) is 5.90. The molecule has 4 aromatic rings. The summed E-state index contributed by atoms with van der Waals surface area (Å²) in [5.74, 6) is -0.457. The number of carbonyl (C=O) groups excluding carboxylic acids is 2. The molecular formula is C26H19NO4. The molecule has 2 N–H and O–H groups in total. The van der Waals surface area contributed by atoms with Crippen LogP contribution < -0.4 is 10.1 Å². The van der Waals surface area contributed by atoms with Gasteiger partial charge in [0.05, 0.1) is 5.56 Å². The number of nitrogens with one attached hydrogen (secondary N) is 1. The molecule has 0 fully saturated rings. The number of anilines is 1. The van der Waals surface area contributed by atoms with Crippen molar-refractivity contribution in [3.63, 3.8) is 0 Å². The molecule has 0 aliphatic rings. The van der Waals surface area contributed by atoms with Gasteiger partial charge in [0, 0.05) is 17.3 Å². The summed E-state index contributed by atoms with van der Waals surface area (Å²) in [4.78, 5) is 24.8. The third kappa shape index (κ3) is 4.79. The number of benzene rings is 4. The minimum Gasteiger partial charge on any atom is -0.507 e. The van der Waals surface area contributed by atoms with Crippen molar-refractivity contribution in [3.8, 4) is 22.6 Å². The van der Waals surface area contributed by atoms with Crippen molar-refractivity contribution in [3.05, 3.63) is 114 Å². The zero-order chi connectivity index (χ0) is 21.6. The second-order valence-corrected chi connectivity index (χ2v) is 6.83. The van der Waals surface area contributed by atoms with E-state index in [1.807, 2.05) is 48.5 Å². The molecule has 1 amide bonds. The van der Waals surface area contributed by atoms with Crippen molar-refractivity contribution in [2.75, 3.05) is 5.32 Å². The average molecular weight is 409 g/mol. The molecule has 0 bridgehead atoms. The predicted molar refractivity (Wildman–Crippen MR) is 120 cm³/mol. The molecule has 0 aromatic heterocycles. The molecule has 152 valence electrons. The number of rotatable bonds is 5. The quantitative estimate of drug-likeness (QED) is 0.402. The Morgan fingerprint density at radius 2 is 1.32 bits per heavy atom. The monoisotopic (exact) mass is 409 g/mol. The molecule has 0 saturated carbocycles. The second-order valence-electron chi connectivity index (χ2n) is 6.83. The van der Waals surface area contributed by atoms with E-state index >= 15 is 0 Å². The van der Waals surface area contributed by atoms with Crippen LogP contribution in [-0.4, -0.2) is 17.0 Å². The zero-order valence-electron chi connectivity index (χ0n) is 16.5. The van der Waals surface area contributed by atoms with Gasteiger partial charge in [0.2, 0.25) is 0 Å². The fraction of sp³-hybridized carbons (Fsp3) is 0. The Morgan fingerprint density at radius 3 is 1.97 bits per heavy atom. The van der Waals surface area contributed by atoms with Crippen LogP contribution in [0.2, 0.25) is 0 Å². The van der Waals surface area contributed by atoms with Crippen molar-refractivity contribution in [1.29, 1.82) is 0 Å². The standard InChI is InChI=1S/C26H19NO4/c28-24-17-22(31-26(30)27-21-9-5-2-6-10-21)15-16-23(24)25(29)20-13-11-19(12-14-20)18-7-3-1-4-8-18/h1-17,28H,(H,27,30). The lowest BCUT2D eigenvalue weighted by Gasteiger charge is -2.09. The zero-order valence-corrected chi connectivity index (χ0v) is 16.5. The van der Waals surface area contributed by atoms with Crippen LogP contribution in [0.5, 0.6) is 11.5 Å². The molecule has 4 rings (SSSR count). The number of hydrogen-bond acceptors (Lipinski definition) is 4. The van der Waals surface area contributed by atoms with Crippen LogP contribution in [0.4, 0.5) is 10.5 Å². The number of ketones is 1. The molecule has 0 heterocycles. The largest absolute Gasteiger partial charge is 0.507 e. The van der Waals surface area contributed by atoms with Crippen molar-refractivity contribution in [2.24, 2.45) is 0 Å². The Hall–Kier alpha value is -4.38. The van der Waals surface area contributed by atoms with Gasteiger partial charge in [-0.1, -0.05) is 72.8 Å². The molecule has 0 aliphatic heterocycles. The van der Waals surface area contributed by atoms with Crippen LogP contribution >= 0.6 is 0 Å². The lowest BCUT2D eigenvalue weighted by molar-refractivity contribution is 0.103. The minimum absolute atomic E-state index is 0.127. The van der Waals surface area contributed by atoms with Crippen LogP contribution in [-0.2, 0) is 0 Å². The van der Waals surface area contributed by atoms with Gasteiger partial charge in [-0.05, 0) is 35.4 Å². The second kappa shape index (κ2) is 8.97. The molecule has 0 radical (unpaired) electrons. The van der Waals surface area contributed by atoms with Crippen LogP contribution in [0.15, 0.2) is 103 Å². The molecule has 31 heavy (non-hydrogen) atoms. The van der Waals surface area contributed by atoms with Gasteiger partial charge in [0.25, 0.3) is 0 Å². The average Bonchev–Trinajstić information content (AvgIpc) is 2.80. The van der Waals surface area contributed by atoms with Gasteiger partial charge in [0.15, 0.2) is 5.78 Å². The summed E-state index contributed by atoms with van der Waals surface area (Å²) in [5, 5.41) is 12.9. The molecule has 0 saturated heterocycles. The molecule has 4 aromatic carbocycles.